The highest BCUT2D eigenvalue weighted by atomic mass is 16.4. The third-order valence-electron chi connectivity index (χ3n) is 2.64. The van der Waals surface area contributed by atoms with E-state index in [2.05, 4.69) is 16.5 Å². The number of fused-ring (bicyclic) bond motifs is 1. The van der Waals surface area contributed by atoms with E-state index in [1.807, 2.05) is 6.20 Å². The Kier molecular flexibility index (Phi) is 2.27. The molecule has 4 heteroatoms. The smallest absolute Gasteiger partial charge is 0.309 e. The van der Waals surface area contributed by atoms with Gasteiger partial charge in [-0.05, 0) is 12.3 Å². The van der Waals surface area contributed by atoms with Gasteiger partial charge in [0.05, 0.1) is 12.1 Å². The minimum absolute atomic E-state index is 0.0361. The fourth-order valence-electron chi connectivity index (χ4n) is 1.88. The molecule has 0 spiro atoms. The molecule has 1 unspecified atom stereocenters. The van der Waals surface area contributed by atoms with Crippen LogP contribution in [0.3, 0.4) is 0 Å². The fraction of sp³-hybridized carbons (Fsp3) is 0.600. The Labute approximate surface area is 82.6 Å². The highest BCUT2D eigenvalue weighted by Crippen LogP contribution is 2.19. The fourth-order valence-corrected chi connectivity index (χ4v) is 1.88. The van der Waals surface area contributed by atoms with E-state index in [-0.39, 0.29) is 6.42 Å². The Balaban J connectivity index is 2.19. The molecule has 0 saturated heterocycles. The van der Waals surface area contributed by atoms with E-state index < -0.39 is 5.97 Å². The number of carbonyl (C=O) groups is 1. The summed E-state index contributed by atoms with van der Waals surface area (Å²) >= 11 is 0. The van der Waals surface area contributed by atoms with Crippen LogP contribution in [-0.4, -0.2) is 20.6 Å². The number of carboxylic acid groups (broad SMARTS) is 1. The zero-order valence-corrected chi connectivity index (χ0v) is 8.23. The van der Waals surface area contributed by atoms with Crippen LogP contribution in [0.15, 0.2) is 6.20 Å². The van der Waals surface area contributed by atoms with Crippen LogP contribution in [-0.2, 0) is 24.2 Å². The van der Waals surface area contributed by atoms with Gasteiger partial charge in [0, 0.05) is 19.2 Å². The van der Waals surface area contributed by atoms with E-state index in [9.17, 15) is 4.79 Å². The number of carboxylic acids is 1. The van der Waals surface area contributed by atoms with E-state index in [4.69, 9.17) is 5.11 Å². The van der Waals surface area contributed by atoms with Crippen molar-refractivity contribution in [3.05, 3.63) is 17.7 Å². The van der Waals surface area contributed by atoms with Gasteiger partial charge in [0.15, 0.2) is 0 Å². The summed E-state index contributed by atoms with van der Waals surface area (Å²) in [5.41, 5.74) is 0.682. The van der Waals surface area contributed by atoms with Crippen LogP contribution in [0.4, 0.5) is 0 Å². The zero-order valence-electron chi connectivity index (χ0n) is 8.23. The van der Waals surface area contributed by atoms with E-state index >= 15 is 0 Å². The minimum atomic E-state index is -0.812. The summed E-state index contributed by atoms with van der Waals surface area (Å²) in [6.45, 7) is 3.18. The quantitative estimate of drug-likeness (QED) is 0.766. The Morgan fingerprint density at radius 2 is 2.57 bits per heavy atom. The van der Waals surface area contributed by atoms with Crippen LogP contribution >= 0.6 is 0 Å². The molecule has 0 radical (unpaired) electrons. The molecule has 0 saturated carbocycles. The van der Waals surface area contributed by atoms with Gasteiger partial charge in [-0.25, -0.2) is 4.98 Å². The third-order valence-corrected chi connectivity index (χ3v) is 2.64. The van der Waals surface area contributed by atoms with Gasteiger partial charge in [0.2, 0.25) is 0 Å². The van der Waals surface area contributed by atoms with Crippen LogP contribution in [0.25, 0.3) is 0 Å². The molecule has 76 valence electrons. The van der Waals surface area contributed by atoms with Gasteiger partial charge in [-0.1, -0.05) is 6.92 Å². The first kappa shape index (κ1) is 9.24. The molecule has 0 aliphatic carbocycles. The molecule has 1 aliphatic heterocycles. The lowest BCUT2D eigenvalue weighted by atomic mass is 10.0. The molecule has 0 aromatic carbocycles. The second kappa shape index (κ2) is 3.44. The minimum Gasteiger partial charge on any atom is -0.481 e. The van der Waals surface area contributed by atoms with Gasteiger partial charge in [0.25, 0.3) is 0 Å². The summed E-state index contributed by atoms with van der Waals surface area (Å²) in [6.07, 6.45) is 4.04. The van der Waals surface area contributed by atoms with Gasteiger partial charge in [-0.2, -0.15) is 0 Å². The first-order valence-corrected chi connectivity index (χ1v) is 4.92. The number of aryl methyl sites for hydroxylation is 1. The topological polar surface area (TPSA) is 55.1 Å². The molecule has 1 atom stereocenters. The molecular weight excluding hydrogens is 180 g/mol. The van der Waals surface area contributed by atoms with Crippen molar-refractivity contribution in [2.24, 2.45) is 5.92 Å². The van der Waals surface area contributed by atoms with Crippen molar-refractivity contribution < 1.29 is 9.90 Å². The van der Waals surface area contributed by atoms with Crippen LogP contribution in [0.2, 0.25) is 0 Å². The van der Waals surface area contributed by atoms with Crippen molar-refractivity contribution in [3.63, 3.8) is 0 Å². The lowest BCUT2D eigenvalue weighted by Crippen LogP contribution is -2.16. The van der Waals surface area contributed by atoms with Crippen molar-refractivity contribution in [2.75, 3.05) is 0 Å². The van der Waals surface area contributed by atoms with Crippen LogP contribution in [0.5, 0.6) is 0 Å². The molecule has 2 rings (SSSR count). The SMILES string of the molecule is CC1CCn2cc(CC(=O)O)nc2C1. The molecule has 0 amide bonds. The Morgan fingerprint density at radius 1 is 1.79 bits per heavy atom. The normalized spacial score (nSPS) is 20.5. The monoisotopic (exact) mass is 194 g/mol. The summed E-state index contributed by atoms with van der Waals surface area (Å²) in [5, 5.41) is 8.63. The second-order valence-electron chi connectivity index (χ2n) is 4.01. The first-order chi connectivity index (χ1) is 6.65. The Bertz CT molecular complexity index is 357. The zero-order chi connectivity index (χ0) is 10.1. The first-order valence-electron chi connectivity index (χ1n) is 4.92. The summed E-state index contributed by atoms with van der Waals surface area (Å²) in [4.78, 5) is 14.8. The molecule has 1 aliphatic rings. The number of aromatic nitrogens is 2. The van der Waals surface area contributed by atoms with Crippen molar-refractivity contribution in [1.29, 1.82) is 0 Å². The van der Waals surface area contributed by atoms with Crippen LogP contribution in [0.1, 0.15) is 24.9 Å². The van der Waals surface area contributed by atoms with Gasteiger partial charge in [-0.15, -0.1) is 0 Å². The van der Waals surface area contributed by atoms with Crippen molar-refractivity contribution >= 4 is 5.97 Å². The standard InChI is InChI=1S/C10H14N2O2/c1-7-2-3-12-6-8(5-10(13)14)11-9(12)4-7/h6-7H,2-5H2,1H3,(H,13,14). The highest BCUT2D eigenvalue weighted by Gasteiger charge is 2.17. The van der Waals surface area contributed by atoms with E-state index in [0.717, 1.165) is 25.2 Å². The summed E-state index contributed by atoms with van der Waals surface area (Å²) < 4.78 is 2.08. The van der Waals surface area contributed by atoms with Gasteiger partial charge in [-0.3, -0.25) is 4.79 Å². The molecule has 4 nitrogen and oxygen atoms in total. The maximum Gasteiger partial charge on any atom is 0.309 e. The molecular formula is C10H14N2O2. The van der Waals surface area contributed by atoms with Crippen LogP contribution in [0, 0.1) is 5.92 Å². The molecule has 2 heterocycles. The predicted molar refractivity (Wildman–Crippen MR) is 51.1 cm³/mol. The molecule has 0 bridgehead atoms. The average molecular weight is 194 g/mol. The van der Waals surface area contributed by atoms with E-state index in [1.54, 1.807) is 0 Å². The summed E-state index contributed by atoms with van der Waals surface area (Å²) in [6, 6.07) is 0. The van der Waals surface area contributed by atoms with Crippen LogP contribution < -0.4 is 0 Å². The number of rotatable bonds is 2. The molecule has 1 N–H and O–H groups in total. The number of aliphatic carboxylic acids is 1. The Morgan fingerprint density at radius 3 is 3.29 bits per heavy atom. The van der Waals surface area contributed by atoms with Gasteiger partial charge >= 0.3 is 5.97 Å². The highest BCUT2D eigenvalue weighted by molar-refractivity contribution is 5.69. The van der Waals surface area contributed by atoms with E-state index in [1.165, 1.54) is 0 Å². The summed E-state index contributed by atoms with van der Waals surface area (Å²) in [7, 11) is 0. The number of imidazole rings is 1. The lowest BCUT2D eigenvalue weighted by molar-refractivity contribution is -0.136. The summed E-state index contributed by atoms with van der Waals surface area (Å²) in [5.74, 6) is 0.899. The van der Waals surface area contributed by atoms with Crippen molar-refractivity contribution in [2.45, 2.75) is 32.7 Å². The number of hydrogen-bond donors (Lipinski definition) is 1. The Hall–Kier alpha value is -1.32. The predicted octanol–water partition coefficient (Wildman–Crippen LogP) is 1.09. The lowest BCUT2D eigenvalue weighted by Gasteiger charge is -2.18. The second-order valence-corrected chi connectivity index (χ2v) is 4.01. The van der Waals surface area contributed by atoms with Gasteiger partial charge in [0.1, 0.15) is 5.82 Å². The molecule has 1 aromatic rings. The molecule has 1 aromatic heterocycles. The van der Waals surface area contributed by atoms with Gasteiger partial charge < -0.3 is 9.67 Å². The average Bonchev–Trinajstić information content (AvgIpc) is 2.44. The maximum atomic E-state index is 10.5. The maximum absolute atomic E-state index is 10.5. The molecule has 0 fully saturated rings. The van der Waals surface area contributed by atoms with Crippen molar-refractivity contribution in [1.82, 2.24) is 9.55 Å². The van der Waals surface area contributed by atoms with Crippen molar-refractivity contribution in [3.8, 4) is 0 Å². The number of hydrogen-bond acceptors (Lipinski definition) is 2. The third kappa shape index (κ3) is 1.78. The van der Waals surface area contributed by atoms with E-state index in [0.29, 0.717) is 11.6 Å². The largest absolute Gasteiger partial charge is 0.481 e. The molecule has 14 heavy (non-hydrogen) atoms. The number of nitrogens with zero attached hydrogens (tertiary/aromatic N) is 2.